The number of hydrogen-bond donors (Lipinski definition) is 0. The molecular weight excluding hydrogens is 1350 g/mol. The number of benzene rings is 15. The molecule has 0 spiro atoms. The highest BCUT2D eigenvalue weighted by molar-refractivity contribution is 7.01. The fourth-order valence-corrected chi connectivity index (χ4v) is 18.0. The largest absolute Gasteiger partial charge is 0.309 e. The van der Waals surface area contributed by atoms with E-state index in [9.17, 15) is 19.2 Å². The van der Waals surface area contributed by atoms with Gasteiger partial charge in [0.15, 0.2) is 0 Å². The van der Waals surface area contributed by atoms with Gasteiger partial charge in [-0.2, -0.15) is 0 Å². The first-order valence-corrected chi connectivity index (χ1v) is 38.8. The van der Waals surface area contributed by atoms with Crippen molar-refractivity contribution in [3.8, 4) is 55.9 Å². The van der Waals surface area contributed by atoms with Gasteiger partial charge < -0.3 is 23.3 Å². The molecule has 0 bridgehead atoms. The van der Waals surface area contributed by atoms with Crippen molar-refractivity contribution in [2.75, 3.05) is 9.80 Å². The third kappa shape index (κ3) is 10.1. The minimum Gasteiger partial charge on any atom is -0.309 e. The zero-order valence-electron chi connectivity index (χ0n) is 78.8. The van der Waals surface area contributed by atoms with Gasteiger partial charge in [-0.25, -0.2) is 0 Å². The summed E-state index contributed by atoms with van der Waals surface area (Å²) >= 11 is 0. The average Bonchev–Trinajstić information content (AvgIpc) is 1.63. The molecule has 0 N–H and O–H groups in total. The molecule has 0 saturated heterocycles. The molecule has 0 aliphatic carbocycles. The molecule has 0 radical (unpaired) electrons. The summed E-state index contributed by atoms with van der Waals surface area (Å²) in [5.74, 6) is 0. The predicted octanol–water partition coefficient (Wildman–Crippen LogP) is 27.0. The Morgan fingerprint density at radius 3 is 0.973 bits per heavy atom. The maximum absolute atomic E-state index is 10.6. The highest BCUT2D eigenvalue weighted by Gasteiger charge is 2.49. The number of anilines is 6. The topological polar surface area (TPSA) is 20.8 Å². The first-order valence-electron chi connectivity index (χ1n) is 45.8. The molecule has 540 valence electrons. The van der Waals surface area contributed by atoms with E-state index in [0.717, 1.165) is 133 Å². The number of hydrogen-bond acceptors (Lipinski definition) is 2. The summed E-state index contributed by atoms with van der Waals surface area (Å²) in [6.45, 7) is 24.1. The lowest BCUT2D eigenvalue weighted by Gasteiger charge is -2.46. The summed E-state index contributed by atoms with van der Waals surface area (Å²) in [5.41, 5.74) is 18.5. The van der Waals surface area contributed by atoms with Crippen molar-refractivity contribution in [2.24, 2.45) is 0 Å². The summed E-state index contributed by atoms with van der Waals surface area (Å²) in [6, 6.07) is 76.5. The summed E-state index contributed by atoms with van der Waals surface area (Å²) in [7, 11) is 0. The Morgan fingerprint density at radius 1 is 0.286 bits per heavy atom. The Kier molecular flexibility index (Phi) is 11.8. The maximum atomic E-state index is 10.6. The van der Waals surface area contributed by atoms with Crippen LogP contribution in [0.2, 0.25) is 0 Å². The second-order valence-electron chi connectivity index (χ2n) is 34.5. The Bertz CT molecular complexity index is 7410. The fourth-order valence-electron chi connectivity index (χ4n) is 18.0. The quantitative estimate of drug-likeness (QED) is 0.141. The van der Waals surface area contributed by atoms with Crippen LogP contribution in [-0.4, -0.2) is 20.2 Å². The van der Waals surface area contributed by atoms with E-state index in [0.29, 0.717) is 22.7 Å². The molecule has 15 aromatic carbocycles. The summed E-state index contributed by atoms with van der Waals surface area (Å²) in [5, 5.41) is 3.92. The standard InChI is InChI=1S/C106H88BN5/c1-103(2,3)69-49-53-77-75-41-25-29-45-87(75)108(91(77)61-69)73-51-55-85-93(63-73)111(98-81(65-33-17-13-18-34-65)57-71(105(7,8)9)58-82(98)66-35-19-14-20-36-66)101-95-79-43-27-31-47-89(79)110-90-48-32-28-44-80(90)96(100(95)110)102-97(101)107(85)86-56-52-74(109-88-46-30-26-42-76(88)78-54-50-70(62-92(78)109)104(4,5)6)64-94(86)112(102)99-83(67-37-21-15-22-38-67)59-72(106(10,11)12)60-84(99)68-39-23-16-24-40-68/h13-64H,1-12H3/i25D,26D,29D,30D,41D,42D,45D,46D,49D,50D,53D,54D,61D,62D. The monoisotopic (exact) mass is 1460 g/mol. The molecule has 0 saturated carbocycles. The van der Waals surface area contributed by atoms with Crippen molar-refractivity contribution in [2.45, 2.75) is 105 Å². The van der Waals surface area contributed by atoms with E-state index in [4.69, 9.17) is 0 Å². The van der Waals surface area contributed by atoms with Gasteiger partial charge in [-0.05, 0) is 167 Å². The van der Waals surface area contributed by atoms with Crippen molar-refractivity contribution < 1.29 is 19.2 Å². The summed E-state index contributed by atoms with van der Waals surface area (Å²) < 4.78 is 145. The highest BCUT2D eigenvalue weighted by atomic mass is 15.2. The molecule has 2 aliphatic heterocycles. The van der Waals surface area contributed by atoms with Crippen LogP contribution in [0.3, 0.4) is 0 Å². The average molecular weight is 1460 g/mol. The van der Waals surface area contributed by atoms with Crippen LogP contribution in [0.5, 0.6) is 0 Å². The first kappa shape index (κ1) is 54.1. The maximum Gasteiger partial charge on any atom is 0.252 e. The van der Waals surface area contributed by atoms with Gasteiger partial charge in [0.05, 0.1) is 80.6 Å². The smallest absolute Gasteiger partial charge is 0.252 e. The normalized spacial score (nSPS) is 15.1. The Balaban J connectivity index is 1.05. The van der Waals surface area contributed by atoms with Crippen molar-refractivity contribution in [3.05, 3.63) is 337 Å². The molecule has 0 atom stereocenters. The molecule has 112 heavy (non-hydrogen) atoms. The van der Waals surface area contributed by atoms with Gasteiger partial charge in [-0.3, -0.25) is 0 Å². The molecule has 6 heteroatoms. The van der Waals surface area contributed by atoms with E-state index in [2.05, 4.69) is 250 Å². The molecule has 0 amide bonds. The number of aromatic nitrogens is 3. The van der Waals surface area contributed by atoms with Gasteiger partial charge >= 0.3 is 0 Å². The fraction of sp³-hybridized carbons (Fsp3) is 0.151. The second kappa shape index (κ2) is 24.4. The van der Waals surface area contributed by atoms with Crippen LogP contribution in [0.4, 0.5) is 34.1 Å². The van der Waals surface area contributed by atoms with Gasteiger partial charge in [0, 0.05) is 88.1 Å². The third-order valence-corrected chi connectivity index (χ3v) is 23.4. The summed E-state index contributed by atoms with van der Waals surface area (Å²) in [6.07, 6.45) is 0. The van der Waals surface area contributed by atoms with Gasteiger partial charge in [-0.1, -0.05) is 313 Å². The van der Waals surface area contributed by atoms with E-state index >= 15 is 0 Å². The number of fused-ring (bicyclic) bond motifs is 18. The molecule has 0 unspecified atom stereocenters. The lowest BCUT2D eigenvalue weighted by Crippen LogP contribution is -2.61. The zero-order valence-corrected chi connectivity index (χ0v) is 64.8. The molecule has 21 rings (SSSR count). The van der Waals surface area contributed by atoms with Crippen LogP contribution < -0.4 is 26.2 Å². The molecule has 2 aliphatic rings. The van der Waals surface area contributed by atoms with E-state index in [1.807, 2.05) is 77.9 Å². The Morgan fingerprint density at radius 2 is 0.616 bits per heavy atom. The van der Waals surface area contributed by atoms with Crippen LogP contribution in [-0.2, 0) is 21.7 Å². The third-order valence-electron chi connectivity index (χ3n) is 23.4. The molecule has 0 fully saturated rings. The van der Waals surface area contributed by atoms with Crippen LogP contribution in [0, 0.1) is 0 Å². The first-order chi connectivity index (χ1) is 60.0. The SMILES string of the molecule is [2H]c1c([2H])c([2H])c2c(c1[2H])c1c([2H])c([2H])c(C(C)(C)C)c([2H])c1n2-c1ccc2c(c1)N(c1c(-c3ccccc3)cc(C(C)(C)C)cc1-c1ccccc1)c1c3c(c4c5ccccc5n5c6ccccc6c1c45)N(c1c(-c4ccccc4)cc(C(C)(C)C)cc1-c1ccccc1)c1cc(-n4c5c([2H])c([2H])c([2H])c([2H])c5c5c([2H])c([2H])c(C(C)(C)C)c([2H])c54)ccc1B23. The van der Waals surface area contributed by atoms with Gasteiger partial charge in [0.1, 0.15) is 0 Å². The lowest BCUT2D eigenvalue weighted by atomic mass is 9.33. The van der Waals surface area contributed by atoms with E-state index < -0.39 is 64.6 Å². The van der Waals surface area contributed by atoms with Crippen molar-refractivity contribution in [1.82, 2.24) is 13.5 Å². The van der Waals surface area contributed by atoms with Gasteiger partial charge in [0.25, 0.3) is 6.71 Å². The molecule has 6 heterocycles. The minimum atomic E-state index is -0.878. The van der Waals surface area contributed by atoms with Gasteiger partial charge in [0.2, 0.25) is 0 Å². The van der Waals surface area contributed by atoms with Crippen LogP contribution in [0.15, 0.2) is 315 Å². The zero-order chi connectivity index (χ0) is 88.4. The summed E-state index contributed by atoms with van der Waals surface area (Å²) in [4.78, 5) is 4.97. The highest BCUT2D eigenvalue weighted by Crippen LogP contribution is 2.60. The minimum absolute atomic E-state index is 0.0194. The number of para-hydroxylation sites is 4. The van der Waals surface area contributed by atoms with Crippen LogP contribution in [0.1, 0.15) is 125 Å². The Labute approximate surface area is 676 Å². The van der Waals surface area contributed by atoms with Crippen LogP contribution >= 0.6 is 0 Å². The second-order valence-corrected chi connectivity index (χ2v) is 34.5. The lowest BCUT2D eigenvalue weighted by molar-refractivity contribution is 0.590. The Hall–Kier alpha value is -12.6. The van der Waals surface area contributed by atoms with E-state index in [1.54, 1.807) is 9.13 Å². The van der Waals surface area contributed by atoms with E-state index in [1.165, 1.54) is 0 Å². The number of rotatable bonds is 8. The van der Waals surface area contributed by atoms with E-state index in [-0.39, 0.29) is 103 Å². The van der Waals surface area contributed by atoms with Gasteiger partial charge in [-0.15, -0.1) is 0 Å². The predicted molar refractivity (Wildman–Crippen MR) is 480 cm³/mol. The van der Waals surface area contributed by atoms with Crippen molar-refractivity contribution in [1.29, 1.82) is 0 Å². The number of nitrogens with zero attached hydrogens (tertiary/aromatic N) is 5. The molecular formula is C106H88BN5. The van der Waals surface area contributed by atoms with Crippen LogP contribution in [0.25, 0.3) is 138 Å². The van der Waals surface area contributed by atoms with Crippen molar-refractivity contribution >= 4 is 139 Å². The molecule has 4 aromatic heterocycles. The molecule has 5 nitrogen and oxygen atoms in total. The molecule has 19 aromatic rings. The van der Waals surface area contributed by atoms with Crippen molar-refractivity contribution in [3.63, 3.8) is 0 Å².